The monoisotopic (exact) mass is 271 g/mol. The van der Waals surface area contributed by atoms with E-state index in [0.717, 1.165) is 0 Å². The normalized spacial score (nSPS) is 17.8. The fourth-order valence-electron chi connectivity index (χ4n) is 1.79. The van der Waals surface area contributed by atoms with Gasteiger partial charge < -0.3 is 14.7 Å². The molecule has 1 aliphatic carbocycles. The summed E-state index contributed by atoms with van der Waals surface area (Å²) < 4.78 is 5.37. The molecule has 110 valence electrons. The number of amides is 1. The minimum atomic E-state index is -0.828. The van der Waals surface area contributed by atoms with Crippen LogP contribution in [0, 0.1) is 5.41 Å². The lowest BCUT2D eigenvalue weighted by atomic mass is 10.0. The van der Waals surface area contributed by atoms with Crippen LogP contribution in [0.3, 0.4) is 0 Å². The molecule has 0 spiro atoms. The summed E-state index contributed by atoms with van der Waals surface area (Å²) in [7, 11) is 0. The van der Waals surface area contributed by atoms with Crippen molar-refractivity contribution in [3.63, 3.8) is 0 Å². The van der Waals surface area contributed by atoms with Crippen LogP contribution < -0.4 is 0 Å². The average molecular weight is 271 g/mol. The Hall–Kier alpha value is -1.26. The maximum atomic E-state index is 12.2. The number of carboxylic acids is 1. The third-order valence-corrected chi connectivity index (χ3v) is 3.19. The van der Waals surface area contributed by atoms with Crippen LogP contribution in [0.2, 0.25) is 0 Å². The molecule has 0 aromatic rings. The summed E-state index contributed by atoms with van der Waals surface area (Å²) in [5, 5.41) is 9.25. The fourth-order valence-corrected chi connectivity index (χ4v) is 1.79. The molecule has 0 unspecified atom stereocenters. The molecule has 0 atom stereocenters. The maximum absolute atomic E-state index is 12.2. The van der Waals surface area contributed by atoms with Gasteiger partial charge in [0.1, 0.15) is 5.60 Å². The van der Waals surface area contributed by atoms with E-state index in [0.29, 0.717) is 12.8 Å². The lowest BCUT2D eigenvalue weighted by Gasteiger charge is -2.38. The van der Waals surface area contributed by atoms with Crippen molar-refractivity contribution in [2.45, 2.75) is 65.5 Å². The van der Waals surface area contributed by atoms with Gasteiger partial charge in [-0.15, -0.1) is 0 Å². The third kappa shape index (κ3) is 4.11. The molecule has 0 aromatic carbocycles. The molecular weight excluding hydrogens is 246 g/mol. The zero-order valence-electron chi connectivity index (χ0n) is 12.7. The van der Waals surface area contributed by atoms with Crippen LogP contribution in [0.5, 0.6) is 0 Å². The standard InChI is InChI=1S/C14H25NO4/c1-12(2,3)15(11(18)19-13(4,5)6)9-14(7-8-14)10(16)17/h7-9H2,1-6H3,(H,16,17). The second kappa shape index (κ2) is 4.69. The van der Waals surface area contributed by atoms with Gasteiger partial charge in [-0.3, -0.25) is 4.79 Å². The maximum Gasteiger partial charge on any atom is 0.410 e. The van der Waals surface area contributed by atoms with Crippen LogP contribution >= 0.6 is 0 Å². The number of ether oxygens (including phenoxy) is 1. The highest BCUT2D eigenvalue weighted by Gasteiger charge is 2.53. The van der Waals surface area contributed by atoms with Crippen molar-refractivity contribution in [1.82, 2.24) is 4.90 Å². The number of hydrogen-bond acceptors (Lipinski definition) is 3. The number of carboxylic acid groups (broad SMARTS) is 1. The number of aliphatic carboxylic acids is 1. The fraction of sp³-hybridized carbons (Fsp3) is 0.857. The van der Waals surface area contributed by atoms with Crippen molar-refractivity contribution in [3.8, 4) is 0 Å². The SMILES string of the molecule is CC(C)(C)OC(=O)N(CC1(C(=O)O)CC1)C(C)(C)C. The first-order valence-corrected chi connectivity index (χ1v) is 6.61. The molecule has 5 heteroatoms. The predicted molar refractivity (Wildman–Crippen MR) is 72.0 cm³/mol. The highest BCUT2D eigenvalue weighted by molar-refractivity contribution is 5.79. The number of hydrogen-bond donors (Lipinski definition) is 1. The van der Waals surface area contributed by atoms with E-state index in [-0.39, 0.29) is 6.54 Å². The van der Waals surface area contributed by atoms with Gasteiger partial charge in [-0.1, -0.05) is 0 Å². The zero-order valence-corrected chi connectivity index (χ0v) is 12.7. The molecule has 0 aromatic heterocycles. The third-order valence-electron chi connectivity index (χ3n) is 3.19. The van der Waals surface area contributed by atoms with Gasteiger partial charge in [0.2, 0.25) is 0 Å². The predicted octanol–water partition coefficient (Wildman–Crippen LogP) is 2.89. The number of carbonyl (C=O) groups excluding carboxylic acids is 1. The van der Waals surface area contributed by atoms with Gasteiger partial charge in [0.25, 0.3) is 0 Å². The Kier molecular flexibility index (Phi) is 3.90. The summed E-state index contributed by atoms with van der Waals surface area (Å²) in [6.45, 7) is 11.3. The van der Waals surface area contributed by atoms with Crippen molar-refractivity contribution in [2.24, 2.45) is 5.41 Å². The molecule has 0 aliphatic heterocycles. The number of nitrogens with zero attached hydrogens (tertiary/aromatic N) is 1. The van der Waals surface area contributed by atoms with Crippen LogP contribution in [0.4, 0.5) is 4.79 Å². The average Bonchev–Trinajstić information content (AvgIpc) is 2.89. The summed E-state index contributed by atoms with van der Waals surface area (Å²) in [6.07, 6.45) is 0.794. The minimum absolute atomic E-state index is 0.209. The van der Waals surface area contributed by atoms with Crippen LogP contribution in [0.1, 0.15) is 54.4 Å². The van der Waals surface area contributed by atoms with E-state index in [1.165, 1.54) is 4.90 Å². The molecule has 1 saturated carbocycles. The van der Waals surface area contributed by atoms with Crippen LogP contribution in [0.15, 0.2) is 0 Å². The van der Waals surface area contributed by atoms with Crippen molar-refractivity contribution in [2.75, 3.05) is 6.54 Å². The molecule has 0 radical (unpaired) electrons. The molecule has 1 rings (SSSR count). The Morgan fingerprint density at radius 2 is 1.63 bits per heavy atom. The van der Waals surface area contributed by atoms with E-state index < -0.39 is 28.6 Å². The van der Waals surface area contributed by atoms with E-state index >= 15 is 0 Å². The van der Waals surface area contributed by atoms with Crippen molar-refractivity contribution >= 4 is 12.1 Å². The van der Waals surface area contributed by atoms with E-state index in [1.54, 1.807) is 20.8 Å². The Morgan fingerprint density at radius 1 is 1.16 bits per heavy atom. The molecule has 1 aliphatic rings. The Labute approximate surface area is 114 Å². The molecule has 0 bridgehead atoms. The van der Waals surface area contributed by atoms with E-state index in [9.17, 15) is 14.7 Å². The Morgan fingerprint density at radius 3 is 1.89 bits per heavy atom. The topological polar surface area (TPSA) is 66.8 Å². The molecule has 1 amide bonds. The first-order chi connectivity index (χ1) is 8.37. The summed E-state index contributed by atoms with van der Waals surface area (Å²) in [5.74, 6) is -0.828. The van der Waals surface area contributed by atoms with E-state index in [1.807, 2.05) is 20.8 Å². The van der Waals surface area contributed by atoms with Crippen LogP contribution in [-0.4, -0.2) is 39.8 Å². The molecule has 19 heavy (non-hydrogen) atoms. The molecule has 1 fully saturated rings. The summed E-state index contributed by atoms with van der Waals surface area (Å²) in [6, 6.07) is 0. The lowest BCUT2D eigenvalue weighted by molar-refractivity contribution is -0.144. The molecule has 0 heterocycles. The highest BCUT2D eigenvalue weighted by Crippen LogP contribution is 2.47. The number of carbonyl (C=O) groups is 2. The second-order valence-electron chi connectivity index (χ2n) is 7.32. The first kappa shape index (κ1) is 15.8. The van der Waals surface area contributed by atoms with Crippen molar-refractivity contribution in [3.05, 3.63) is 0 Å². The molecule has 5 nitrogen and oxygen atoms in total. The molecule has 1 N–H and O–H groups in total. The summed E-state index contributed by atoms with van der Waals surface area (Å²) >= 11 is 0. The quantitative estimate of drug-likeness (QED) is 0.857. The summed E-state index contributed by atoms with van der Waals surface area (Å²) in [5.41, 5.74) is -1.82. The van der Waals surface area contributed by atoms with Gasteiger partial charge >= 0.3 is 12.1 Å². The van der Waals surface area contributed by atoms with Gasteiger partial charge in [0.15, 0.2) is 0 Å². The highest BCUT2D eigenvalue weighted by atomic mass is 16.6. The minimum Gasteiger partial charge on any atom is -0.481 e. The second-order valence-corrected chi connectivity index (χ2v) is 7.32. The van der Waals surface area contributed by atoms with Gasteiger partial charge in [-0.2, -0.15) is 0 Å². The van der Waals surface area contributed by atoms with Crippen molar-refractivity contribution in [1.29, 1.82) is 0 Å². The Balaban J connectivity index is 2.85. The van der Waals surface area contributed by atoms with E-state index in [2.05, 4.69) is 0 Å². The van der Waals surface area contributed by atoms with Gasteiger partial charge in [-0.05, 0) is 54.4 Å². The lowest BCUT2D eigenvalue weighted by Crippen LogP contribution is -2.51. The molecular formula is C14H25NO4. The smallest absolute Gasteiger partial charge is 0.410 e. The van der Waals surface area contributed by atoms with Crippen molar-refractivity contribution < 1.29 is 19.4 Å². The largest absolute Gasteiger partial charge is 0.481 e. The molecule has 0 saturated heterocycles. The van der Waals surface area contributed by atoms with E-state index in [4.69, 9.17) is 4.74 Å². The first-order valence-electron chi connectivity index (χ1n) is 6.61. The van der Waals surface area contributed by atoms with Gasteiger partial charge in [0, 0.05) is 12.1 Å². The van der Waals surface area contributed by atoms with Gasteiger partial charge in [-0.25, -0.2) is 4.79 Å². The van der Waals surface area contributed by atoms with Crippen LogP contribution in [0.25, 0.3) is 0 Å². The zero-order chi connectivity index (χ0) is 15.1. The van der Waals surface area contributed by atoms with Gasteiger partial charge in [0.05, 0.1) is 5.41 Å². The van der Waals surface area contributed by atoms with Crippen LogP contribution in [-0.2, 0) is 9.53 Å². The number of rotatable bonds is 3. The summed E-state index contributed by atoms with van der Waals surface area (Å²) in [4.78, 5) is 25.0. The Bertz CT molecular complexity index is 372.